The first-order valence-electron chi connectivity index (χ1n) is 9.34. The average Bonchev–Trinajstić information content (AvgIpc) is 3.44. The van der Waals surface area contributed by atoms with Crippen LogP contribution < -0.4 is 0 Å². The van der Waals surface area contributed by atoms with Gasteiger partial charge in [0.2, 0.25) is 5.91 Å². The maximum Gasteiger partial charge on any atom is 0.233 e. The Balaban J connectivity index is 1.39. The van der Waals surface area contributed by atoms with E-state index in [9.17, 15) is 4.79 Å². The van der Waals surface area contributed by atoms with Crippen LogP contribution in [0.5, 0.6) is 0 Å². The van der Waals surface area contributed by atoms with E-state index in [-0.39, 0.29) is 5.41 Å². The maximum atomic E-state index is 13.1. The summed E-state index contributed by atoms with van der Waals surface area (Å²) in [6, 6.07) is 4.50. The van der Waals surface area contributed by atoms with Gasteiger partial charge in [0.15, 0.2) is 0 Å². The lowest BCUT2D eigenvalue weighted by atomic mass is 9.93. The number of hydrogen-bond acceptors (Lipinski definition) is 3. The molecule has 3 heterocycles. The van der Waals surface area contributed by atoms with Gasteiger partial charge in [-0.05, 0) is 69.3 Å². The molecule has 0 bridgehead atoms. The van der Waals surface area contributed by atoms with E-state index < -0.39 is 0 Å². The first-order valence-corrected chi connectivity index (χ1v) is 9.72. The molecule has 3 fully saturated rings. The van der Waals surface area contributed by atoms with Crippen LogP contribution in [-0.2, 0) is 10.2 Å². The molecule has 3 aliphatic rings. The second-order valence-electron chi connectivity index (χ2n) is 7.57. The fourth-order valence-corrected chi connectivity index (χ4v) is 4.65. The van der Waals surface area contributed by atoms with Gasteiger partial charge in [-0.1, -0.05) is 18.0 Å². The van der Waals surface area contributed by atoms with Gasteiger partial charge in [0.25, 0.3) is 0 Å². The Labute approximate surface area is 149 Å². The molecule has 1 aromatic heterocycles. The zero-order chi connectivity index (χ0) is 16.6. The number of halogens is 1. The number of rotatable bonds is 3. The van der Waals surface area contributed by atoms with Gasteiger partial charge < -0.3 is 9.80 Å². The molecular formula is C19H26ClN3O. The normalized spacial score (nSPS) is 24.8. The van der Waals surface area contributed by atoms with Crippen LogP contribution in [0.4, 0.5) is 0 Å². The Morgan fingerprint density at radius 1 is 1.12 bits per heavy atom. The molecule has 5 heteroatoms. The molecule has 0 N–H and O–H groups in total. The molecule has 0 atom stereocenters. The van der Waals surface area contributed by atoms with E-state index in [0.29, 0.717) is 17.1 Å². The number of hydrogen-bond donors (Lipinski definition) is 0. The summed E-state index contributed by atoms with van der Waals surface area (Å²) in [5.74, 6) is 0.307. The SMILES string of the molecule is O=C(N1CCC(N2CCCCC2)CC1)C1(c2ccnc(Cl)c2)CC1. The Bertz CT molecular complexity index is 602. The van der Waals surface area contributed by atoms with E-state index in [4.69, 9.17) is 11.6 Å². The summed E-state index contributed by atoms with van der Waals surface area (Å²) < 4.78 is 0. The van der Waals surface area contributed by atoms with Gasteiger partial charge in [-0.25, -0.2) is 4.98 Å². The zero-order valence-electron chi connectivity index (χ0n) is 14.2. The standard InChI is InChI=1S/C19H26ClN3O/c20-17-14-15(4-9-21-17)19(7-8-19)18(24)23-12-5-16(6-13-23)22-10-2-1-3-11-22/h4,9,14,16H,1-3,5-8,10-13H2. The van der Waals surface area contributed by atoms with Crippen LogP contribution in [0.1, 0.15) is 50.5 Å². The highest BCUT2D eigenvalue weighted by Gasteiger charge is 2.53. The van der Waals surface area contributed by atoms with Crippen LogP contribution in [-0.4, -0.2) is 52.9 Å². The molecule has 24 heavy (non-hydrogen) atoms. The van der Waals surface area contributed by atoms with E-state index in [1.54, 1.807) is 6.20 Å². The molecule has 0 aromatic carbocycles. The van der Waals surface area contributed by atoms with Crippen LogP contribution in [0.3, 0.4) is 0 Å². The molecule has 0 radical (unpaired) electrons. The third kappa shape index (κ3) is 3.06. The Hall–Kier alpha value is -1.13. The lowest BCUT2D eigenvalue weighted by molar-refractivity contribution is -0.135. The molecule has 0 unspecified atom stereocenters. The molecular weight excluding hydrogens is 322 g/mol. The second kappa shape index (κ2) is 6.64. The molecule has 4 rings (SSSR count). The Morgan fingerprint density at radius 2 is 1.83 bits per heavy atom. The third-order valence-corrected chi connectivity index (χ3v) is 6.30. The van der Waals surface area contributed by atoms with Gasteiger partial charge in [0.05, 0.1) is 5.41 Å². The molecule has 2 aliphatic heterocycles. The van der Waals surface area contributed by atoms with E-state index in [1.807, 2.05) is 12.1 Å². The number of nitrogens with zero attached hydrogens (tertiary/aromatic N) is 3. The fourth-order valence-electron chi connectivity index (χ4n) is 4.47. The second-order valence-corrected chi connectivity index (χ2v) is 7.96. The van der Waals surface area contributed by atoms with Crippen molar-refractivity contribution >= 4 is 17.5 Å². The number of amides is 1. The first kappa shape index (κ1) is 16.3. The van der Waals surface area contributed by atoms with E-state index in [1.165, 1.54) is 32.4 Å². The van der Waals surface area contributed by atoms with E-state index >= 15 is 0 Å². The molecule has 130 valence electrons. The highest BCUT2D eigenvalue weighted by Crippen LogP contribution is 2.50. The summed E-state index contributed by atoms with van der Waals surface area (Å²) in [7, 11) is 0. The minimum atomic E-state index is -0.315. The number of carbonyl (C=O) groups is 1. The molecule has 1 amide bonds. The monoisotopic (exact) mass is 347 g/mol. The summed E-state index contributed by atoms with van der Waals surface area (Å²) in [5.41, 5.74) is 0.732. The quantitative estimate of drug-likeness (QED) is 0.787. The summed E-state index contributed by atoms with van der Waals surface area (Å²) in [4.78, 5) is 21.9. The van der Waals surface area contributed by atoms with E-state index in [0.717, 1.165) is 44.3 Å². The predicted molar refractivity (Wildman–Crippen MR) is 95.2 cm³/mol. The van der Waals surface area contributed by atoms with Gasteiger partial charge in [0.1, 0.15) is 5.15 Å². The van der Waals surface area contributed by atoms with Crippen molar-refractivity contribution in [2.24, 2.45) is 0 Å². The number of aromatic nitrogens is 1. The minimum Gasteiger partial charge on any atom is -0.342 e. The number of carbonyl (C=O) groups excluding carboxylic acids is 1. The fraction of sp³-hybridized carbons (Fsp3) is 0.684. The summed E-state index contributed by atoms with van der Waals surface area (Å²) in [5, 5.41) is 0.482. The van der Waals surface area contributed by atoms with Crippen molar-refractivity contribution in [2.75, 3.05) is 26.2 Å². The highest BCUT2D eigenvalue weighted by molar-refractivity contribution is 6.29. The van der Waals surface area contributed by atoms with Gasteiger partial charge >= 0.3 is 0 Å². The molecule has 2 saturated heterocycles. The first-order chi connectivity index (χ1) is 11.7. The van der Waals surface area contributed by atoms with Crippen molar-refractivity contribution in [3.8, 4) is 0 Å². The van der Waals surface area contributed by atoms with E-state index in [2.05, 4.69) is 14.8 Å². The van der Waals surface area contributed by atoms with Gasteiger partial charge in [-0.3, -0.25) is 4.79 Å². The van der Waals surface area contributed by atoms with Crippen molar-refractivity contribution < 1.29 is 4.79 Å². The zero-order valence-corrected chi connectivity index (χ0v) is 15.0. The average molecular weight is 348 g/mol. The lowest BCUT2D eigenvalue weighted by Gasteiger charge is -2.41. The van der Waals surface area contributed by atoms with Crippen LogP contribution in [0.2, 0.25) is 5.15 Å². The Kier molecular flexibility index (Phi) is 4.52. The van der Waals surface area contributed by atoms with Crippen molar-refractivity contribution in [1.82, 2.24) is 14.8 Å². The molecule has 1 saturated carbocycles. The smallest absolute Gasteiger partial charge is 0.233 e. The van der Waals surface area contributed by atoms with Gasteiger partial charge in [-0.2, -0.15) is 0 Å². The topological polar surface area (TPSA) is 36.4 Å². The summed E-state index contributed by atoms with van der Waals surface area (Å²) in [6.07, 6.45) is 9.91. The van der Waals surface area contributed by atoms with Crippen LogP contribution in [0, 0.1) is 0 Å². The highest BCUT2D eigenvalue weighted by atomic mass is 35.5. The van der Waals surface area contributed by atoms with Gasteiger partial charge in [-0.15, -0.1) is 0 Å². The minimum absolute atomic E-state index is 0.307. The Morgan fingerprint density at radius 3 is 2.46 bits per heavy atom. The van der Waals surface area contributed by atoms with Crippen molar-refractivity contribution in [1.29, 1.82) is 0 Å². The van der Waals surface area contributed by atoms with Crippen molar-refractivity contribution in [3.05, 3.63) is 29.0 Å². The molecule has 1 aliphatic carbocycles. The van der Waals surface area contributed by atoms with Crippen molar-refractivity contribution in [3.63, 3.8) is 0 Å². The predicted octanol–water partition coefficient (Wildman–Crippen LogP) is 3.24. The molecule has 4 nitrogen and oxygen atoms in total. The molecule has 1 aromatic rings. The van der Waals surface area contributed by atoms with Crippen LogP contribution in [0.15, 0.2) is 18.3 Å². The number of piperidine rings is 2. The number of pyridine rings is 1. The summed E-state index contributed by atoms with van der Waals surface area (Å²) in [6.45, 7) is 4.30. The third-order valence-electron chi connectivity index (χ3n) is 6.10. The number of likely N-dealkylation sites (tertiary alicyclic amines) is 2. The van der Waals surface area contributed by atoms with Gasteiger partial charge in [0, 0.05) is 25.3 Å². The van der Waals surface area contributed by atoms with Crippen LogP contribution in [0.25, 0.3) is 0 Å². The molecule has 0 spiro atoms. The largest absolute Gasteiger partial charge is 0.342 e. The van der Waals surface area contributed by atoms with Crippen LogP contribution >= 0.6 is 11.6 Å². The summed E-state index contributed by atoms with van der Waals surface area (Å²) >= 11 is 6.03. The van der Waals surface area contributed by atoms with Crippen molar-refractivity contribution in [2.45, 2.75) is 56.4 Å². The maximum absolute atomic E-state index is 13.1. The lowest BCUT2D eigenvalue weighted by Crippen LogP contribution is -2.50.